The largest absolute Gasteiger partial charge is 0.480 e. The summed E-state index contributed by atoms with van der Waals surface area (Å²) in [5.74, 6) is -2.54. The van der Waals surface area contributed by atoms with Gasteiger partial charge in [-0.05, 0) is 24.5 Å². The van der Waals surface area contributed by atoms with E-state index in [-0.39, 0.29) is 18.2 Å². The van der Waals surface area contributed by atoms with E-state index in [0.29, 0.717) is 23.9 Å². The predicted octanol–water partition coefficient (Wildman–Crippen LogP) is -1.01. The maximum Gasteiger partial charge on any atom is 0.328 e. The van der Waals surface area contributed by atoms with Crippen LogP contribution in [0.2, 0.25) is 0 Å². The van der Waals surface area contributed by atoms with Crippen LogP contribution in [0.25, 0.3) is 10.9 Å². The van der Waals surface area contributed by atoms with Gasteiger partial charge in [0.2, 0.25) is 11.8 Å². The van der Waals surface area contributed by atoms with Crippen molar-refractivity contribution in [3.8, 4) is 0 Å². The number of rotatable bonds is 7. The minimum atomic E-state index is -1.44. The van der Waals surface area contributed by atoms with Crippen molar-refractivity contribution >= 4 is 34.6 Å². The number of nitrogens with one attached hydrogen (secondary N) is 2. The molecule has 0 spiro atoms. The fourth-order valence-corrected chi connectivity index (χ4v) is 3.36. The van der Waals surface area contributed by atoms with E-state index in [9.17, 15) is 19.2 Å². The number of nitrogens with two attached hydrogens (primary N) is 1. The molecule has 3 rings (SSSR count). The zero-order valence-electron chi connectivity index (χ0n) is 15.5. The highest BCUT2D eigenvalue weighted by Gasteiger charge is 2.30. The van der Waals surface area contributed by atoms with Gasteiger partial charge in [0.05, 0.1) is 18.2 Å². The Morgan fingerprint density at radius 2 is 2.03 bits per heavy atom. The molecule has 29 heavy (non-hydrogen) atoms. The molecule has 10 heteroatoms. The van der Waals surface area contributed by atoms with Crippen LogP contribution in [0, 0.1) is 0 Å². The van der Waals surface area contributed by atoms with Crippen LogP contribution >= 0.6 is 0 Å². The molecule has 10 nitrogen and oxygen atoms in total. The number of nitrogens with zero attached hydrogens (tertiary/aromatic N) is 1. The Balaban J connectivity index is 1.83. The smallest absolute Gasteiger partial charge is 0.328 e. The third kappa shape index (κ3) is 4.28. The number of fused-ring (bicyclic) bond motifs is 1. The maximum absolute atomic E-state index is 12.8. The average molecular weight is 402 g/mol. The molecular formula is C19H22N4O6. The molecule has 0 saturated carbocycles. The molecular weight excluding hydrogens is 380 g/mol. The molecule has 154 valence electrons. The van der Waals surface area contributed by atoms with Crippen molar-refractivity contribution in [2.24, 2.45) is 5.73 Å². The molecule has 1 fully saturated rings. The average Bonchev–Trinajstić information content (AvgIpc) is 3.29. The highest BCUT2D eigenvalue weighted by Crippen LogP contribution is 2.24. The Hall–Kier alpha value is -3.24. The zero-order chi connectivity index (χ0) is 21.1. The second-order valence-electron chi connectivity index (χ2n) is 6.93. The first kappa shape index (κ1) is 20.5. The van der Waals surface area contributed by atoms with Crippen molar-refractivity contribution < 1.29 is 29.4 Å². The summed E-state index contributed by atoms with van der Waals surface area (Å²) in [5, 5.41) is 23.5. The number of carbonyl (C=O) groups excluding carboxylic acids is 3. The van der Waals surface area contributed by atoms with Crippen LogP contribution in [0.1, 0.15) is 23.2 Å². The second kappa shape index (κ2) is 8.41. The van der Waals surface area contributed by atoms with E-state index in [1.54, 1.807) is 30.5 Å². The topological polar surface area (TPSA) is 164 Å². The van der Waals surface area contributed by atoms with Crippen molar-refractivity contribution in [3.63, 3.8) is 0 Å². The standard InChI is InChI=1S/C19H22N4O6/c20-12(17(26)22-14(9-24)19(28)29)7-10-8-23(15-4-2-1-3-11(10)15)18(27)13-5-6-16(25)21-13/h1-4,8,12-14,24H,5-7,9,20H2,(H,21,25)(H,22,26)(H,28,29)/t12-,13-,14-/m0/s1. The van der Waals surface area contributed by atoms with Gasteiger partial charge in [0.1, 0.15) is 12.1 Å². The van der Waals surface area contributed by atoms with Crippen molar-refractivity contribution in [2.45, 2.75) is 37.4 Å². The predicted molar refractivity (Wildman–Crippen MR) is 102 cm³/mol. The Bertz CT molecular complexity index is 969. The summed E-state index contributed by atoms with van der Waals surface area (Å²) in [6, 6.07) is 3.98. The molecule has 1 aliphatic rings. The van der Waals surface area contributed by atoms with Gasteiger partial charge in [-0.1, -0.05) is 18.2 Å². The number of aliphatic carboxylic acids is 1. The summed E-state index contributed by atoms with van der Waals surface area (Å²) in [7, 11) is 0. The fourth-order valence-electron chi connectivity index (χ4n) is 3.36. The van der Waals surface area contributed by atoms with E-state index in [4.69, 9.17) is 15.9 Å². The monoisotopic (exact) mass is 402 g/mol. The van der Waals surface area contributed by atoms with Crippen LogP contribution in [-0.4, -0.2) is 63.2 Å². The summed E-state index contributed by atoms with van der Waals surface area (Å²) in [4.78, 5) is 47.5. The summed E-state index contributed by atoms with van der Waals surface area (Å²) in [6.45, 7) is -0.755. The molecule has 0 bridgehead atoms. The van der Waals surface area contributed by atoms with E-state index < -0.39 is 36.6 Å². The van der Waals surface area contributed by atoms with Crippen LogP contribution < -0.4 is 16.4 Å². The summed E-state index contributed by atoms with van der Waals surface area (Å²) >= 11 is 0. The Labute approximate surface area is 165 Å². The summed E-state index contributed by atoms with van der Waals surface area (Å²) in [5.41, 5.74) is 7.19. The molecule has 0 unspecified atom stereocenters. The lowest BCUT2D eigenvalue weighted by atomic mass is 10.0. The van der Waals surface area contributed by atoms with Gasteiger partial charge < -0.3 is 26.6 Å². The SMILES string of the molecule is N[C@@H](Cc1cn(C(=O)[C@@H]2CCC(=O)N2)c2ccccc12)C(=O)N[C@@H](CO)C(=O)O. The minimum Gasteiger partial charge on any atom is -0.480 e. The number of amides is 2. The molecule has 1 aromatic heterocycles. The first-order chi connectivity index (χ1) is 13.8. The first-order valence-electron chi connectivity index (χ1n) is 9.14. The minimum absolute atomic E-state index is 0.0570. The molecule has 2 aromatic rings. The van der Waals surface area contributed by atoms with Crippen molar-refractivity contribution in [2.75, 3.05) is 6.61 Å². The number of para-hydroxylation sites is 1. The van der Waals surface area contributed by atoms with Crippen molar-refractivity contribution in [3.05, 3.63) is 36.0 Å². The quantitative estimate of drug-likeness (QED) is 0.396. The van der Waals surface area contributed by atoms with E-state index in [2.05, 4.69) is 10.6 Å². The number of carbonyl (C=O) groups is 4. The first-order valence-corrected chi connectivity index (χ1v) is 9.14. The van der Waals surface area contributed by atoms with Crippen LogP contribution in [-0.2, 0) is 20.8 Å². The Morgan fingerprint density at radius 1 is 1.31 bits per heavy atom. The number of aromatic nitrogens is 1. The summed E-state index contributed by atoms with van der Waals surface area (Å²) in [6.07, 6.45) is 2.36. The molecule has 2 heterocycles. The normalized spacial score (nSPS) is 18.3. The number of benzene rings is 1. The second-order valence-corrected chi connectivity index (χ2v) is 6.93. The van der Waals surface area contributed by atoms with E-state index in [0.717, 1.165) is 5.39 Å². The Morgan fingerprint density at radius 3 is 2.66 bits per heavy atom. The number of carboxylic acids is 1. The number of aliphatic hydroxyl groups is 1. The van der Waals surface area contributed by atoms with Crippen molar-refractivity contribution in [1.29, 1.82) is 0 Å². The van der Waals surface area contributed by atoms with Gasteiger partial charge in [0.25, 0.3) is 5.91 Å². The van der Waals surface area contributed by atoms with E-state index in [1.807, 2.05) is 0 Å². The fraction of sp³-hybridized carbons (Fsp3) is 0.368. The number of aliphatic hydroxyl groups excluding tert-OH is 1. The molecule has 0 aliphatic carbocycles. The number of hydrogen-bond acceptors (Lipinski definition) is 6. The van der Waals surface area contributed by atoms with Crippen LogP contribution in [0.3, 0.4) is 0 Å². The lowest BCUT2D eigenvalue weighted by Gasteiger charge is -2.16. The van der Waals surface area contributed by atoms with Gasteiger partial charge in [-0.25, -0.2) is 4.79 Å². The van der Waals surface area contributed by atoms with Gasteiger partial charge in [0.15, 0.2) is 0 Å². The highest BCUT2D eigenvalue weighted by molar-refractivity contribution is 5.99. The lowest BCUT2D eigenvalue weighted by Crippen LogP contribution is -2.50. The maximum atomic E-state index is 12.8. The van der Waals surface area contributed by atoms with Gasteiger partial charge >= 0.3 is 5.97 Å². The third-order valence-electron chi connectivity index (χ3n) is 4.90. The molecule has 6 N–H and O–H groups in total. The zero-order valence-corrected chi connectivity index (χ0v) is 15.5. The van der Waals surface area contributed by atoms with E-state index in [1.165, 1.54) is 4.57 Å². The van der Waals surface area contributed by atoms with Gasteiger partial charge in [0, 0.05) is 18.0 Å². The van der Waals surface area contributed by atoms with Crippen molar-refractivity contribution in [1.82, 2.24) is 15.2 Å². The number of carboxylic acid groups (broad SMARTS) is 1. The third-order valence-corrected chi connectivity index (χ3v) is 4.90. The van der Waals surface area contributed by atoms with Crippen LogP contribution in [0.15, 0.2) is 30.5 Å². The molecule has 1 aromatic carbocycles. The van der Waals surface area contributed by atoms with Crippen LogP contribution in [0.4, 0.5) is 0 Å². The van der Waals surface area contributed by atoms with Gasteiger partial charge in [-0.2, -0.15) is 0 Å². The highest BCUT2D eigenvalue weighted by atomic mass is 16.4. The molecule has 2 amide bonds. The van der Waals surface area contributed by atoms with Crippen LogP contribution in [0.5, 0.6) is 0 Å². The lowest BCUT2D eigenvalue weighted by molar-refractivity contribution is -0.143. The summed E-state index contributed by atoms with van der Waals surface area (Å²) < 4.78 is 1.44. The Kier molecular flexibility index (Phi) is 5.95. The molecule has 1 aliphatic heterocycles. The van der Waals surface area contributed by atoms with Gasteiger partial charge in [-0.3, -0.25) is 19.0 Å². The molecule has 3 atom stereocenters. The van der Waals surface area contributed by atoms with Gasteiger partial charge in [-0.15, -0.1) is 0 Å². The van der Waals surface area contributed by atoms with E-state index >= 15 is 0 Å². The molecule has 0 radical (unpaired) electrons. The number of hydrogen-bond donors (Lipinski definition) is 5. The molecule has 1 saturated heterocycles.